The molecule has 5 heteroatoms. The summed E-state index contributed by atoms with van der Waals surface area (Å²) in [6, 6.07) is 3.76. The van der Waals surface area contributed by atoms with Gasteiger partial charge in [-0.3, -0.25) is 0 Å². The Bertz CT molecular complexity index is 408. The first kappa shape index (κ1) is 9.92. The molecule has 2 rings (SSSR count). The van der Waals surface area contributed by atoms with Gasteiger partial charge < -0.3 is 14.6 Å². The van der Waals surface area contributed by atoms with Crippen LogP contribution in [0.15, 0.2) is 27.2 Å². The van der Waals surface area contributed by atoms with Crippen LogP contribution in [0.2, 0.25) is 0 Å². The lowest BCUT2D eigenvalue weighted by Crippen LogP contribution is -2.15. The fourth-order valence-corrected chi connectivity index (χ4v) is 1.42. The largest absolute Gasteiger partial charge is 0.469 e. The highest BCUT2D eigenvalue weighted by molar-refractivity contribution is 5.04. The summed E-state index contributed by atoms with van der Waals surface area (Å²) in [6.07, 6.45) is 2.33. The molecule has 0 aliphatic rings. The highest BCUT2D eigenvalue weighted by Crippen LogP contribution is 2.18. The summed E-state index contributed by atoms with van der Waals surface area (Å²) in [7, 11) is 0. The zero-order chi connectivity index (χ0) is 10.7. The topological polar surface area (TPSA) is 78.1 Å². The van der Waals surface area contributed by atoms with Gasteiger partial charge in [0.05, 0.1) is 12.2 Å². The monoisotopic (exact) mass is 207 g/mol. The van der Waals surface area contributed by atoms with Crippen molar-refractivity contribution in [2.24, 2.45) is 5.73 Å². The van der Waals surface area contributed by atoms with Gasteiger partial charge in [-0.05, 0) is 12.1 Å². The van der Waals surface area contributed by atoms with E-state index in [0.29, 0.717) is 24.7 Å². The van der Waals surface area contributed by atoms with Crippen molar-refractivity contribution in [3.8, 4) is 0 Å². The average molecular weight is 207 g/mol. The number of hydrogen-bond donors (Lipinski definition) is 1. The van der Waals surface area contributed by atoms with Gasteiger partial charge >= 0.3 is 0 Å². The van der Waals surface area contributed by atoms with E-state index in [4.69, 9.17) is 14.6 Å². The molecule has 0 bridgehead atoms. The number of nitrogens with zero attached hydrogens (tertiary/aromatic N) is 2. The van der Waals surface area contributed by atoms with Crippen LogP contribution in [0.5, 0.6) is 0 Å². The molecule has 0 saturated heterocycles. The van der Waals surface area contributed by atoms with Crippen molar-refractivity contribution in [2.45, 2.75) is 19.3 Å². The molecular formula is C10H13N3O2. The molecule has 80 valence electrons. The Balaban J connectivity index is 2.11. The molecule has 2 aromatic rings. The molecule has 15 heavy (non-hydrogen) atoms. The van der Waals surface area contributed by atoms with E-state index in [2.05, 4.69) is 10.2 Å². The van der Waals surface area contributed by atoms with Crippen LogP contribution in [0, 0.1) is 6.92 Å². The number of aromatic nitrogens is 2. The quantitative estimate of drug-likeness (QED) is 0.816. The minimum absolute atomic E-state index is 0.0253. The molecule has 0 spiro atoms. The van der Waals surface area contributed by atoms with E-state index < -0.39 is 0 Å². The summed E-state index contributed by atoms with van der Waals surface area (Å²) >= 11 is 0. The third-order valence-corrected chi connectivity index (χ3v) is 2.20. The normalized spacial score (nSPS) is 12.9. The van der Waals surface area contributed by atoms with E-state index in [1.807, 2.05) is 12.1 Å². The SMILES string of the molecule is Cc1nnc(C(CN)Cc2ccco2)o1. The number of aryl methyl sites for hydroxylation is 1. The second-order valence-corrected chi connectivity index (χ2v) is 3.38. The van der Waals surface area contributed by atoms with Crippen LogP contribution in [0.25, 0.3) is 0 Å². The first-order valence-electron chi connectivity index (χ1n) is 4.82. The molecule has 0 aliphatic carbocycles. The van der Waals surface area contributed by atoms with Crippen LogP contribution in [-0.4, -0.2) is 16.7 Å². The second kappa shape index (κ2) is 4.27. The van der Waals surface area contributed by atoms with E-state index in [-0.39, 0.29) is 5.92 Å². The molecule has 2 N–H and O–H groups in total. The van der Waals surface area contributed by atoms with Gasteiger partial charge in [-0.2, -0.15) is 0 Å². The summed E-state index contributed by atoms with van der Waals surface area (Å²) < 4.78 is 10.6. The number of nitrogens with two attached hydrogens (primary N) is 1. The molecule has 0 radical (unpaired) electrons. The average Bonchev–Trinajstić information content (AvgIpc) is 2.85. The maximum absolute atomic E-state index is 5.66. The Labute approximate surface area is 87.3 Å². The Morgan fingerprint density at radius 1 is 1.47 bits per heavy atom. The predicted molar refractivity (Wildman–Crippen MR) is 53.2 cm³/mol. The Kier molecular flexibility index (Phi) is 2.82. The molecule has 1 atom stereocenters. The number of rotatable bonds is 4. The van der Waals surface area contributed by atoms with Crippen LogP contribution in [0.4, 0.5) is 0 Å². The molecule has 0 saturated carbocycles. The van der Waals surface area contributed by atoms with Crippen LogP contribution in [-0.2, 0) is 6.42 Å². The fraction of sp³-hybridized carbons (Fsp3) is 0.400. The van der Waals surface area contributed by atoms with Gasteiger partial charge in [-0.1, -0.05) is 0 Å². The Morgan fingerprint density at radius 2 is 2.33 bits per heavy atom. The smallest absolute Gasteiger partial charge is 0.221 e. The highest BCUT2D eigenvalue weighted by atomic mass is 16.4. The van der Waals surface area contributed by atoms with Crippen LogP contribution in [0.1, 0.15) is 23.5 Å². The van der Waals surface area contributed by atoms with Crippen molar-refractivity contribution in [1.29, 1.82) is 0 Å². The maximum Gasteiger partial charge on any atom is 0.221 e. The van der Waals surface area contributed by atoms with Gasteiger partial charge in [0.25, 0.3) is 0 Å². The summed E-state index contributed by atoms with van der Waals surface area (Å²) in [5.74, 6) is 2.04. The summed E-state index contributed by atoms with van der Waals surface area (Å²) in [6.45, 7) is 2.22. The van der Waals surface area contributed by atoms with Crippen molar-refractivity contribution < 1.29 is 8.83 Å². The lowest BCUT2D eigenvalue weighted by atomic mass is 10.0. The lowest BCUT2D eigenvalue weighted by molar-refractivity contribution is 0.406. The molecule has 0 aliphatic heterocycles. The van der Waals surface area contributed by atoms with Gasteiger partial charge in [-0.15, -0.1) is 10.2 Å². The fourth-order valence-electron chi connectivity index (χ4n) is 1.42. The molecule has 0 fully saturated rings. The van der Waals surface area contributed by atoms with E-state index in [9.17, 15) is 0 Å². The van der Waals surface area contributed by atoms with E-state index in [0.717, 1.165) is 5.76 Å². The molecule has 2 aromatic heterocycles. The molecule has 0 amide bonds. The molecule has 0 aromatic carbocycles. The Hall–Kier alpha value is -1.62. The molecule has 1 unspecified atom stereocenters. The van der Waals surface area contributed by atoms with Crippen LogP contribution in [0.3, 0.4) is 0 Å². The standard InChI is InChI=1S/C10H13N3O2/c1-7-12-13-10(15-7)8(6-11)5-9-3-2-4-14-9/h2-4,8H,5-6,11H2,1H3. The zero-order valence-corrected chi connectivity index (χ0v) is 8.51. The first-order chi connectivity index (χ1) is 7.29. The minimum atomic E-state index is 0.0253. The predicted octanol–water partition coefficient (Wildman–Crippen LogP) is 1.26. The summed E-state index contributed by atoms with van der Waals surface area (Å²) in [5.41, 5.74) is 5.66. The second-order valence-electron chi connectivity index (χ2n) is 3.38. The van der Waals surface area contributed by atoms with Gasteiger partial charge in [0.2, 0.25) is 11.8 Å². The van der Waals surface area contributed by atoms with Crippen molar-refractivity contribution in [3.63, 3.8) is 0 Å². The van der Waals surface area contributed by atoms with E-state index in [1.54, 1.807) is 13.2 Å². The summed E-state index contributed by atoms with van der Waals surface area (Å²) in [5, 5.41) is 7.74. The van der Waals surface area contributed by atoms with Crippen molar-refractivity contribution in [2.75, 3.05) is 6.54 Å². The molecular weight excluding hydrogens is 194 g/mol. The highest BCUT2D eigenvalue weighted by Gasteiger charge is 2.18. The van der Waals surface area contributed by atoms with Crippen LogP contribution < -0.4 is 5.73 Å². The minimum Gasteiger partial charge on any atom is -0.469 e. The van der Waals surface area contributed by atoms with Gasteiger partial charge in [-0.25, -0.2) is 0 Å². The van der Waals surface area contributed by atoms with Crippen molar-refractivity contribution in [1.82, 2.24) is 10.2 Å². The van der Waals surface area contributed by atoms with Crippen molar-refractivity contribution in [3.05, 3.63) is 35.9 Å². The Morgan fingerprint density at radius 3 is 2.87 bits per heavy atom. The van der Waals surface area contributed by atoms with Crippen molar-refractivity contribution >= 4 is 0 Å². The zero-order valence-electron chi connectivity index (χ0n) is 8.51. The lowest BCUT2D eigenvalue weighted by Gasteiger charge is -2.07. The van der Waals surface area contributed by atoms with Gasteiger partial charge in [0, 0.05) is 19.9 Å². The van der Waals surface area contributed by atoms with Gasteiger partial charge in [0.1, 0.15) is 5.76 Å². The summed E-state index contributed by atoms with van der Waals surface area (Å²) in [4.78, 5) is 0. The van der Waals surface area contributed by atoms with Crippen LogP contribution >= 0.6 is 0 Å². The number of hydrogen-bond acceptors (Lipinski definition) is 5. The maximum atomic E-state index is 5.66. The van der Waals surface area contributed by atoms with Gasteiger partial charge in [0.15, 0.2) is 0 Å². The molecule has 5 nitrogen and oxygen atoms in total. The third-order valence-electron chi connectivity index (χ3n) is 2.20. The van der Waals surface area contributed by atoms with E-state index in [1.165, 1.54) is 0 Å². The third kappa shape index (κ3) is 2.24. The number of furan rings is 1. The first-order valence-corrected chi connectivity index (χ1v) is 4.82. The van der Waals surface area contributed by atoms with E-state index >= 15 is 0 Å². The molecule has 2 heterocycles.